The Morgan fingerprint density at radius 2 is 2.32 bits per heavy atom. The summed E-state index contributed by atoms with van der Waals surface area (Å²) in [6, 6.07) is 0. The molecule has 2 N–H and O–H groups in total. The Kier molecular flexibility index (Phi) is 6.54. The third kappa shape index (κ3) is 5.51. The van der Waals surface area contributed by atoms with Crippen LogP contribution in [0.3, 0.4) is 0 Å². The Morgan fingerprint density at radius 1 is 1.45 bits per heavy atom. The van der Waals surface area contributed by atoms with E-state index < -0.39 is 0 Å². The number of aliphatic imine (C=N–C) groups is 1. The molecule has 6 nitrogen and oxygen atoms in total. The highest BCUT2D eigenvalue weighted by Crippen LogP contribution is 2.37. The zero-order valence-corrected chi connectivity index (χ0v) is 14.6. The van der Waals surface area contributed by atoms with Crippen molar-refractivity contribution in [2.45, 2.75) is 51.2 Å². The molecule has 1 aliphatic heterocycles. The molecule has 0 bridgehead atoms. The smallest absolute Gasteiger partial charge is 0.226 e. The van der Waals surface area contributed by atoms with Gasteiger partial charge >= 0.3 is 0 Å². The fraction of sp³-hybridized carbons (Fsp3) is 0.800. The fourth-order valence-electron chi connectivity index (χ4n) is 2.44. The summed E-state index contributed by atoms with van der Waals surface area (Å²) < 4.78 is 5.42. The molecule has 1 aromatic rings. The summed E-state index contributed by atoms with van der Waals surface area (Å²) >= 11 is 2.04. The topological polar surface area (TPSA) is 75.3 Å². The standard InChI is InChI=1S/C15H27N5OS/c1-4-16-14(18-11-15(3)8-6-10-22-15)17-9-5-7-13-19-12(2)20-21-13/h4-11H2,1-3H3,(H2,16,17,18). The quantitative estimate of drug-likeness (QED) is 0.454. The molecule has 0 radical (unpaired) electrons. The van der Waals surface area contributed by atoms with Gasteiger partial charge in [-0.05, 0) is 45.8 Å². The normalized spacial score (nSPS) is 22.0. The van der Waals surface area contributed by atoms with E-state index in [1.54, 1.807) is 0 Å². The number of nitrogens with one attached hydrogen (secondary N) is 2. The minimum atomic E-state index is 0.309. The minimum absolute atomic E-state index is 0.309. The third-order valence-corrected chi connectivity index (χ3v) is 5.17. The first kappa shape index (κ1) is 17.1. The van der Waals surface area contributed by atoms with E-state index in [2.05, 4.69) is 34.6 Å². The highest BCUT2D eigenvalue weighted by atomic mass is 32.2. The van der Waals surface area contributed by atoms with Gasteiger partial charge in [-0.25, -0.2) is 0 Å². The molecular weight excluding hydrogens is 298 g/mol. The van der Waals surface area contributed by atoms with Gasteiger partial charge in [0.15, 0.2) is 11.8 Å². The maximum atomic E-state index is 5.11. The van der Waals surface area contributed by atoms with Crippen LogP contribution < -0.4 is 10.6 Å². The summed E-state index contributed by atoms with van der Waals surface area (Å²) in [7, 11) is 0. The molecule has 22 heavy (non-hydrogen) atoms. The molecular formula is C15H27N5OS. The lowest BCUT2D eigenvalue weighted by Crippen LogP contribution is -2.39. The molecule has 1 aromatic heterocycles. The molecule has 0 saturated carbocycles. The van der Waals surface area contributed by atoms with Gasteiger partial charge in [-0.1, -0.05) is 5.16 Å². The molecule has 1 unspecified atom stereocenters. The third-order valence-electron chi connectivity index (χ3n) is 3.65. The Balaban J connectivity index is 1.73. The van der Waals surface area contributed by atoms with Gasteiger partial charge in [-0.15, -0.1) is 0 Å². The van der Waals surface area contributed by atoms with Crippen LogP contribution >= 0.6 is 11.8 Å². The van der Waals surface area contributed by atoms with Crippen LogP contribution in [-0.4, -0.2) is 46.2 Å². The maximum absolute atomic E-state index is 5.11. The second kappa shape index (κ2) is 8.41. The number of guanidine groups is 1. The van der Waals surface area contributed by atoms with Crippen molar-refractivity contribution in [3.8, 4) is 0 Å². The lowest BCUT2D eigenvalue weighted by Gasteiger charge is -2.21. The van der Waals surface area contributed by atoms with Crippen LogP contribution in [0.25, 0.3) is 0 Å². The van der Waals surface area contributed by atoms with E-state index in [1.807, 2.05) is 18.7 Å². The predicted octanol–water partition coefficient (Wildman–Crippen LogP) is 2.15. The van der Waals surface area contributed by atoms with Crippen molar-refractivity contribution >= 4 is 17.7 Å². The number of aromatic nitrogens is 2. The SMILES string of the molecule is CCNC(=NCC1(C)CCCS1)NCCCc1nc(C)no1. The van der Waals surface area contributed by atoms with Crippen molar-refractivity contribution in [3.05, 3.63) is 11.7 Å². The first-order valence-electron chi connectivity index (χ1n) is 8.07. The average Bonchev–Trinajstić information content (AvgIpc) is 3.10. The molecule has 1 atom stereocenters. The summed E-state index contributed by atoms with van der Waals surface area (Å²) in [5.74, 6) is 3.56. The van der Waals surface area contributed by atoms with Gasteiger partial charge < -0.3 is 15.2 Å². The van der Waals surface area contributed by atoms with E-state index in [-0.39, 0.29) is 0 Å². The summed E-state index contributed by atoms with van der Waals surface area (Å²) in [4.78, 5) is 8.95. The Labute approximate surface area is 136 Å². The minimum Gasteiger partial charge on any atom is -0.357 e. The number of aryl methyl sites for hydroxylation is 2. The predicted molar refractivity (Wildman–Crippen MR) is 91.4 cm³/mol. The van der Waals surface area contributed by atoms with E-state index in [0.29, 0.717) is 16.5 Å². The number of hydrogen-bond donors (Lipinski definition) is 2. The monoisotopic (exact) mass is 325 g/mol. The van der Waals surface area contributed by atoms with Crippen molar-refractivity contribution in [3.63, 3.8) is 0 Å². The van der Waals surface area contributed by atoms with E-state index in [4.69, 9.17) is 9.52 Å². The van der Waals surface area contributed by atoms with E-state index in [9.17, 15) is 0 Å². The van der Waals surface area contributed by atoms with Crippen molar-refractivity contribution < 1.29 is 4.52 Å². The van der Waals surface area contributed by atoms with Crippen molar-refractivity contribution in [2.75, 3.05) is 25.4 Å². The van der Waals surface area contributed by atoms with Crippen molar-refractivity contribution in [1.29, 1.82) is 0 Å². The zero-order valence-electron chi connectivity index (χ0n) is 13.8. The summed E-state index contributed by atoms with van der Waals surface area (Å²) in [6.45, 7) is 8.83. The van der Waals surface area contributed by atoms with Crippen LogP contribution in [0.15, 0.2) is 9.52 Å². The Hall–Kier alpha value is -1.24. The molecule has 0 aromatic carbocycles. The Morgan fingerprint density at radius 3 is 2.95 bits per heavy atom. The van der Waals surface area contributed by atoms with E-state index in [0.717, 1.165) is 38.4 Å². The maximum Gasteiger partial charge on any atom is 0.226 e. The second-order valence-corrected chi connectivity index (χ2v) is 7.55. The van der Waals surface area contributed by atoms with E-state index in [1.165, 1.54) is 18.6 Å². The molecule has 0 spiro atoms. The van der Waals surface area contributed by atoms with Gasteiger partial charge in [0, 0.05) is 24.3 Å². The molecule has 7 heteroatoms. The van der Waals surface area contributed by atoms with Gasteiger partial charge in [0.25, 0.3) is 0 Å². The summed E-state index contributed by atoms with van der Waals surface area (Å²) in [6.07, 6.45) is 4.31. The van der Waals surface area contributed by atoms with Crippen LogP contribution in [0.1, 0.15) is 44.8 Å². The highest BCUT2D eigenvalue weighted by Gasteiger charge is 2.29. The van der Waals surface area contributed by atoms with Gasteiger partial charge in [0.1, 0.15) is 0 Å². The molecule has 124 valence electrons. The van der Waals surface area contributed by atoms with Crippen molar-refractivity contribution in [2.24, 2.45) is 4.99 Å². The van der Waals surface area contributed by atoms with E-state index >= 15 is 0 Å². The van der Waals surface area contributed by atoms with Gasteiger partial charge in [0.05, 0.1) is 6.54 Å². The van der Waals surface area contributed by atoms with Crippen LogP contribution in [0.4, 0.5) is 0 Å². The largest absolute Gasteiger partial charge is 0.357 e. The molecule has 1 saturated heterocycles. The number of rotatable bonds is 7. The molecule has 2 heterocycles. The summed E-state index contributed by atoms with van der Waals surface area (Å²) in [5, 5.41) is 10.5. The molecule has 1 fully saturated rings. The molecule has 1 aliphatic rings. The van der Waals surface area contributed by atoms with Gasteiger partial charge in [-0.3, -0.25) is 4.99 Å². The first-order valence-corrected chi connectivity index (χ1v) is 9.05. The zero-order chi connectivity index (χ0) is 15.8. The lowest BCUT2D eigenvalue weighted by atomic mass is 10.1. The van der Waals surface area contributed by atoms with Crippen LogP contribution in [-0.2, 0) is 6.42 Å². The molecule has 0 amide bonds. The van der Waals surface area contributed by atoms with Crippen LogP contribution in [0.2, 0.25) is 0 Å². The molecule has 2 rings (SSSR count). The van der Waals surface area contributed by atoms with Gasteiger partial charge in [0.2, 0.25) is 5.89 Å². The number of hydrogen-bond acceptors (Lipinski definition) is 5. The first-order chi connectivity index (χ1) is 10.6. The Bertz CT molecular complexity index is 482. The van der Waals surface area contributed by atoms with Crippen LogP contribution in [0.5, 0.6) is 0 Å². The van der Waals surface area contributed by atoms with Gasteiger partial charge in [-0.2, -0.15) is 16.7 Å². The average molecular weight is 325 g/mol. The highest BCUT2D eigenvalue weighted by molar-refractivity contribution is 8.00. The summed E-state index contributed by atoms with van der Waals surface area (Å²) in [5.41, 5.74) is 0. The second-order valence-electron chi connectivity index (χ2n) is 5.86. The van der Waals surface area contributed by atoms with Crippen molar-refractivity contribution in [1.82, 2.24) is 20.8 Å². The lowest BCUT2D eigenvalue weighted by molar-refractivity contribution is 0.372. The number of nitrogens with zero attached hydrogens (tertiary/aromatic N) is 3. The fourth-order valence-corrected chi connectivity index (χ4v) is 3.66. The van der Waals surface area contributed by atoms with Crippen LogP contribution in [0, 0.1) is 6.92 Å². The number of thioether (sulfide) groups is 1. The molecule has 0 aliphatic carbocycles.